The minimum Gasteiger partial charge on any atom is -0.381 e. The Balaban J connectivity index is 2.99. The Morgan fingerprint density at radius 1 is 0.938 bits per heavy atom. The minimum atomic E-state index is 0.407. The first-order chi connectivity index (χ1) is 7.56. The van der Waals surface area contributed by atoms with E-state index < -0.39 is 0 Å². The van der Waals surface area contributed by atoms with Crippen LogP contribution in [0.15, 0.2) is 0 Å². The molecule has 0 unspecified atom stereocenters. The topological polar surface area (TPSA) is 21.3 Å². The predicted molar refractivity (Wildman–Crippen MR) is 71.9 cm³/mol. The van der Waals surface area contributed by atoms with Gasteiger partial charge < -0.3 is 10.1 Å². The van der Waals surface area contributed by atoms with E-state index in [9.17, 15) is 0 Å². The normalized spacial score (nSPS) is 12.0. The zero-order valence-corrected chi connectivity index (χ0v) is 11.8. The fourth-order valence-electron chi connectivity index (χ4n) is 1.41. The first-order valence-electron chi connectivity index (χ1n) is 6.85. The zero-order valence-electron chi connectivity index (χ0n) is 11.8. The summed E-state index contributed by atoms with van der Waals surface area (Å²) in [6.45, 7) is 13.1. The average molecular weight is 229 g/mol. The summed E-state index contributed by atoms with van der Waals surface area (Å²) in [6, 6.07) is 0. The van der Waals surface area contributed by atoms with E-state index in [0.717, 1.165) is 32.7 Å². The van der Waals surface area contributed by atoms with Crippen molar-refractivity contribution in [2.24, 2.45) is 5.41 Å². The molecule has 0 aliphatic carbocycles. The number of ether oxygens (including phenoxy) is 1. The van der Waals surface area contributed by atoms with Crippen molar-refractivity contribution in [3.05, 3.63) is 0 Å². The number of unbranched alkanes of at least 4 members (excludes halogenated alkanes) is 2. The summed E-state index contributed by atoms with van der Waals surface area (Å²) in [7, 11) is 0. The van der Waals surface area contributed by atoms with E-state index in [4.69, 9.17) is 4.74 Å². The van der Waals surface area contributed by atoms with Crippen molar-refractivity contribution in [2.45, 2.75) is 59.8 Å². The molecule has 0 radical (unpaired) electrons. The molecular formula is C14H31NO. The number of nitrogens with one attached hydrogen (secondary N) is 1. The summed E-state index contributed by atoms with van der Waals surface area (Å²) in [6.07, 6.45) is 6.16. The molecule has 0 saturated carbocycles. The maximum atomic E-state index is 5.62. The molecule has 0 fully saturated rings. The van der Waals surface area contributed by atoms with Gasteiger partial charge in [-0.3, -0.25) is 0 Å². The molecule has 0 aliphatic heterocycles. The van der Waals surface area contributed by atoms with Crippen LogP contribution in [-0.2, 0) is 4.74 Å². The van der Waals surface area contributed by atoms with E-state index in [1.54, 1.807) is 0 Å². The molecule has 0 amide bonds. The summed E-state index contributed by atoms with van der Waals surface area (Å²) < 4.78 is 5.62. The lowest BCUT2D eigenvalue weighted by Gasteiger charge is -2.17. The second kappa shape index (κ2) is 10.1. The van der Waals surface area contributed by atoms with E-state index in [0.29, 0.717) is 5.41 Å². The van der Waals surface area contributed by atoms with Crippen LogP contribution in [0, 0.1) is 5.41 Å². The Morgan fingerprint density at radius 3 is 2.31 bits per heavy atom. The molecule has 0 aromatic carbocycles. The van der Waals surface area contributed by atoms with Crippen molar-refractivity contribution >= 4 is 0 Å². The van der Waals surface area contributed by atoms with Gasteiger partial charge in [-0.15, -0.1) is 0 Å². The lowest BCUT2D eigenvalue weighted by Crippen LogP contribution is -2.15. The summed E-state index contributed by atoms with van der Waals surface area (Å²) >= 11 is 0. The van der Waals surface area contributed by atoms with E-state index in [2.05, 4.69) is 33.0 Å². The molecule has 0 rings (SSSR count). The van der Waals surface area contributed by atoms with Gasteiger partial charge in [-0.25, -0.2) is 0 Å². The van der Waals surface area contributed by atoms with Crippen molar-refractivity contribution < 1.29 is 4.74 Å². The highest BCUT2D eigenvalue weighted by atomic mass is 16.5. The number of hydrogen-bond donors (Lipinski definition) is 1. The van der Waals surface area contributed by atoms with Gasteiger partial charge in [-0.1, -0.05) is 27.7 Å². The van der Waals surface area contributed by atoms with E-state index >= 15 is 0 Å². The lowest BCUT2D eigenvalue weighted by atomic mass is 9.93. The molecule has 0 bridgehead atoms. The van der Waals surface area contributed by atoms with Crippen molar-refractivity contribution in [3.8, 4) is 0 Å². The third-order valence-corrected chi connectivity index (χ3v) is 2.57. The first kappa shape index (κ1) is 15.9. The Morgan fingerprint density at radius 2 is 1.69 bits per heavy atom. The molecule has 0 aromatic rings. The van der Waals surface area contributed by atoms with Gasteiger partial charge in [0.15, 0.2) is 0 Å². The van der Waals surface area contributed by atoms with E-state index in [-0.39, 0.29) is 0 Å². The second-order valence-corrected chi connectivity index (χ2v) is 5.73. The molecule has 0 spiro atoms. The summed E-state index contributed by atoms with van der Waals surface area (Å²) in [5.74, 6) is 0. The van der Waals surface area contributed by atoms with Crippen LogP contribution in [0.3, 0.4) is 0 Å². The van der Waals surface area contributed by atoms with Crippen molar-refractivity contribution in [1.82, 2.24) is 5.32 Å². The Hall–Kier alpha value is -0.0800. The zero-order chi connectivity index (χ0) is 12.3. The molecule has 0 aliphatic rings. The van der Waals surface area contributed by atoms with Crippen molar-refractivity contribution in [1.29, 1.82) is 0 Å². The molecule has 2 nitrogen and oxygen atoms in total. The molecule has 16 heavy (non-hydrogen) atoms. The number of rotatable bonds is 10. The minimum absolute atomic E-state index is 0.407. The van der Waals surface area contributed by atoms with E-state index in [1.807, 2.05) is 0 Å². The largest absolute Gasteiger partial charge is 0.381 e. The van der Waals surface area contributed by atoms with Gasteiger partial charge in [0.25, 0.3) is 0 Å². The standard InChI is InChI=1S/C14H31NO/c1-5-10-15-11-7-6-8-12-16-13-9-14(2,3)4/h15H,5-13H2,1-4H3. The molecule has 0 aromatic heterocycles. The van der Waals surface area contributed by atoms with Gasteiger partial charge in [0, 0.05) is 13.2 Å². The van der Waals surface area contributed by atoms with Gasteiger partial charge in [0.05, 0.1) is 0 Å². The second-order valence-electron chi connectivity index (χ2n) is 5.73. The maximum absolute atomic E-state index is 5.62. The first-order valence-corrected chi connectivity index (χ1v) is 6.85. The fourth-order valence-corrected chi connectivity index (χ4v) is 1.41. The summed E-state index contributed by atoms with van der Waals surface area (Å²) in [4.78, 5) is 0. The molecule has 98 valence electrons. The Bertz CT molecular complexity index is 140. The molecule has 2 heteroatoms. The van der Waals surface area contributed by atoms with Crippen LogP contribution in [0.25, 0.3) is 0 Å². The van der Waals surface area contributed by atoms with Crippen LogP contribution >= 0.6 is 0 Å². The quantitative estimate of drug-likeness (QED) is 0.578. The highest BCUT2D eigenvalue weighted by Crippen LogP contribution is 2.17. The third-order valence-electron chi connectivity index (χ3n) is 2.57. The van der Waals surface area contributed by atoms with Crippen LogP contribution in [-0.4, -0.2) is 26.3 Å². The van der Waals surface area contributed by atoms with Crippen molar-refractivity contribution in [3.63, 3.8) is 0 Å². The SMILES string of the molecule is CCCNCCCCCOCCC(C)(C)C. The molecule has 0 saturated heterocycles. The summed E-state index contributed by atoms with van der Waals surface area (Å²) in [5, 5.41) is 3.42. The highest BCUT2D eigenvalue weighted by Gasteiger charge is 2.08. The monoisotopic (exact) mass is 229 g/mol. The molecule has 0 heterocycles. The van der Waals surface area contributed by atoms with Gasteiger partial charge in [0.1, 0.15) is 0 Å². The van der Waals surface area contributed by atoms with Crippen LogP contribution in [0.5, 0.6) is 0 Å². The van der Waals surface area contributed by atoms with Gasteiger partial charge in [-0.2, -0.15) is 0 Å². The average Bonchev–Trinajstić information content (AvgIpc) is 2.19. The fraction of sp³-hybridized carbons (Fsp3) is 1.00. The number of hydrogen-bond acceptors (Lipinski definition) is 2. The third kappa shape index (κ3) is 13.9. The van der Waals surface area contributed by atoms with Crippen LogP contribution in [0.2, 0.25) is 0 Å². The van der Waals surface area contributed by atoms with Gasteiger partial charge >= 0.3 is 0 Å². The summed E-state index contributed by atoms with van der Waals surface area (Å²) in [5.41, 5.74) is 0.407. The molecular weight excluding hydrogens is 198 g/mol. The maximum Gasteiger partial charge on any atom is 0.0471 e. The van der Waals surface area contributed by atoms with Gasteiger partial charge in [0.2, 0.25) is 0 Å². The smallest absolute Gasteiger partial charge is 0.0471 e. The molecule has 0 atom stereocenters. The lowest BCUT2D eigenvalue weighted by molar-refractivity contribution is 0.105. The van der Waals surface area contributed by atoms with Crippen LogP contribution in [0.4, 0.5) is 0 Å². The van der Waals surface area contributed by atoms with Crippen LogP contribution < -0.4 is 5.32 Å². The highest BCUT2D eigenvalue weighted by molar-refractivity contribution is 4.59. The van der Waals surface area contributed by atoms with Crippen molar-refractivity contribution in [2.75, 3.05) is 26.3 Å². The van der Waals surface area contributed by atoms with Crippen LogP contribution in [0.1, 0.15) is 59.8 Å². The molecule has 1 N–H and O–H groups in total. The van der Waals surface area contributed by atoms with Gasteiger partial charge in [-0.05, 0) is 50.6 Å². The Kier molecular flexibility index (Phi) is 10.0. The van der Waals surface area contributed by atoms with E-state index in [1.165, 1.54) is 25.7 Å². The predicted octanol–water partition coefficient (Wildman–Crippen LogP) is 3.61. The Labute approximate surface area is 102 Å².